The fourth-order valence-corrected chi connectivity index (χ4v) is 4.90. The molecule has 3 fully saturated rings. The van der Waals surface area contributed by atoms with Gasteiger partial charge in [-0.1, -0.05) is 12.8 Å². The highest BCUT2D eigenvalue weighted by atomic mass is 16.2. The lowest BCUT2D eigenvalue weighted by Gasteiger charge is -2.42. The number of aromatic amines is 1. The number of H-pyrrole nitrogens is 1. The van der Waals surface area contributed by atoms with Crippen molar-refractivity contribution in [1.29, 1.82) is 0 Å². The number of amides is 2. The van der Waals surface area contributed by atoms with Crippen LogP contribution in [0.5, 0.6) is 0 Å². The fraction of sp³-hybridized carbons (Fsp3) is 0.684. The first kappa shape index (κ1) is 17.2. The Labute approximate surface area is 152 Å². The molecule has 3 heterocycles. The predicted octanol–water partition coefficient (Wildman–Crippen LogP) is 1.10. The molecule has 1 spiro atoms. The highest BCUT2D eigenvalue weighted by Crippen LogP contribution is 2.42. The molecule has 7 nitrogen and oxygen atoms in total. The molecule has 26 heavy (non-hydrogen) atoms. The van der Waals surface area contributed by atoms with Crippen LogP contribution in [0.1, 0.15) is 50.5 Å². The van der Waals surface area contributed by atoms with Gasteiger partial charge in [0.1, 0.15) is 0 Å². The zero-order valence-corrected chi connectivity index (χ0v) is 15.1. The third-order valence-electron chi connectivity index (χ3n) is 6.37. The second-order valence-electron chi connectivity index (χ2n) is 7.97. The van der Waals surface area contributed by atoms with Crippen molar-refractivity contribution in [1.82, 2.24) is 19.8 Å². The Morgan fingerprint density at radius 3 is 2.77 bits per heavy atom. The van der Waals surface area contributed by atoms with Gasteiger partial charge in [0.15, 0.2) is 0 Å². The van der Waals surface area contributed by atoms with Crippen molar-refractivity contribution >= 4 is 11.8 Å². The van der Waals surface area contributed by atoms with E-state index in [9.17, 15) is 14.4 Å². The summed E-state index contributed by atoms with van der Waals surface area (Å²) >= 11 is 0. The average molecular weight is 358 g/mol. The van der Waals surface area contributed by atoms with Crippen LogP contribution in [0.3, 0.4) is 0 Å². The minimum atomic E-state index is -0.405. The van der Waals surface area contributed by atoms with Gasteiger partial charge in [-0.3, -0.25) is 14.4 Å². The molecular formula is C19H26N4O3. The van der Waals surface area contributed by atoms with Gasteiger partial charge in [0, 0.05) is 37.4 Å². The number of aromatic nitrogens is 2. The smallest absolute Gasteiger partial charge is 0.254 e. The van der Waals surface area contributed by atoms with Crippen LogP contribution in [0.2, 0.25) is 0 Å². The standard InChI is InChI=1S/C19H26N4O3/c24-16(10-14-11-20-13-21-17(14)25)22-9-7-19(12-22)6-3-8-23(18(19)26)15-4-1-2-5-15/h11,13,15H,1-10,12H2,(H,20,21,25). The van der Waals surface area contributed by atoms with E-state index < -0.39 is 5.41 Å². The highest BCUT2D eigenvalue weighted by molar-refractivity contribution is 5.86. The number of carbonyl (C=O) groups is 2. The molecule has 1 aromatic rings. The van der Waals surface area contributed by atoms with Gasteiger partial charge in [0.05, 0.1) is 18.2 Å². The third-order valence-corrected chi connectivity index (χ3v) is 6.37. The van der Waals surface area contributed by atoms with Crippen molar-refractivity contribution in [2.45, 2.75) is 57.4 Å². The minimum Gasteiger partial charge on any atom is -0.341 e. The Morgan fingerprint density at radius 2 is 2.00 bits per heavy atom. The zero-order valence-electron chi connectivity index (χ0n) is 15.1. The number of piperidine rings is 1. The third kappa shape index (κ3) is 3.04. The molecule has 7 heteroatoms. The van der Waals surface area contributed by atoms with E-state index in [4.69, 9.17) is 0 Å². The van der Waals surface area contributed by atoms with Crippen LogP contribution < -0.4 is 5.56 Å². The van der Waals surface area contributed by atoms with Crippen LogP contribution >= 0.6 is 0 Å². The lowest BCUT2D eigenvalue weighted by Crippen LogP contribution is -2.53. The van der Waals surface area contributed by atoms with Crippen LogP contribution in [-0.2, 0) is 16.0 Å². The van der Waals surface area contributed by atoms with Gasteiger partial charge in [0.2, 0.25) is 11.8 Å². The maximum atomic E-state index is 13.2. The van der Waals surface area contributed by atoms with E-state index in [1.165, 1.54) is 25.4 Å². The largest absolute Gasteiger partial charge is 0.341 e. The summed E-state index contributed by atoms with van der Waals surface area (Å²) < 4.78 is 0. The Hall–Kier alpha value is -2.18. The maximum absolute atomic E-state index is 13.2. The van der Waals surface area contributed by atoms with E-state index in [0.717, 1.165) is 38.6 Å². The summed E-state index contributed by atoms with van der Waals surface area (Å²) in [6.45, 7) is 1.96. The van der Waals surface area contributed by atoms with Crippen molar-refractivity contribution < 1.29 is 9.59 Å². The molecule has 0 radical (unpaired) electrons. The van der Waals surface area contributed by atoms with E-state index in [1.54, 1.807) is 4.90 Å². The van der Waals surface area contributed by atoms with E-state index in [0.29, 0.717) is 24.7 Å². The van der Waals surface area contributed by atoms with Gasteiger partial charge in [-0.05, 0) is 32.1 Å². The molecule has 0 aromatic carbocycles. The van der Waals surface area contributed by atoms with Crippen molar-refractivity contribution in [2.75, 3.05) is 19.6 Å². The average Bonchev–Trinajstić information content (AvgIpc) is 3.30. The lowest BCUT2D eigenvalue weighted by atomic mass is 9.77. The molecule has 1 N–H and O–H groups in total. The summed E-state index contributed by atoms with van der Waals surface area (Å²) in [6, 6.07) is 0.401. The second kappa shape index (κ2) is 6.85. The molecule has 1 atom stereocenters. The zero-order chi connectivity index (χ0) is 18.1. The first-order valence-corrected chi connectivity index (χ1v) is 9.69. The molecule has 4 rings (SSSR count). The van der Waals surface area contributed by atoms with Crippen LogP contribution in [0.25, 0.3) is 0 Å². The number of likely N-dealkylation sites (tertiary alicyclic amines) is 2. The normalized spacial score (nSPS) is 26.8. The molecule has 3 aliphatic rings. The molecule has 140 valence electrons. The Balaban J connectivity index is 1.45. The minimum absolute atomic E-state index is 0.0415. The highest BCUT2D eigenvalue weighted by Gasteiger charge is 2.50. The summed E-state index contributed by atoms with van der Waals surface area (Å²) in [5.41, 5.74) is -0.304. The Kier molecular flexibility index (Phi) is 4.54. The van der Waals surface area contributed by atoms with E-state index in [-0.39, 0.29) is 23.8 Å². The van der Waals surface area contributed by atoms with Gasteiger partial charge in [-0.15, -0.1) is 0 Å². The van der Waals surface area contributed by atoms with Gasteiger partial charge in [-0.25, -0.2) is 4.98 Å². The van der Waals surface area contributed by atoms with E-state index in [2.05, 4.69) is 14.9 Å². The lowest BCUT2D eigenvalue weighted by molar-refractivity contribution is -0.148. The summed E-state index contributed by atoms with van der Waals surface area (Å²) in [6.07, 6.45) is 10.1. The van der Waals surface area contributed by atoms with Crippen molar-refractivity contribution in [2.24, 2.45) is 5.41 Å². The van der Waals surface area contributed by atoms with Gasteiger partial charge in [0.25, 0.3) is 5.56 Å². The predicted molar refractivity (Wildman–Crippen MR) is 95.4 cm³/mol. The number of hydrogen-bond donors (Lipinski definition) is 1. The van der Waals surface area contributed by atoms with Gasteiger partial charge < -0.3 is 14.8 Å². The van der Waals surface area contributed by atoms with Crippen molar-refractivity contribution in [3.8, 4) is 0 Å². The molecule has 1 aliphatic carbocycles. The fourth-order valence-electron chi connectivity index (χ4n) is 4.90. The molecule has 1 unspecified atom stereocenters. The van der Waals surface area contributed by atoms with Crippen molar-refractivity contribution in [3.63, 3.8) is 0 Å². The summed E-state index contributed by atoms with van der Waals surface area (Å²) in [5.74, 6) is 0.163. The first-order chi connectivity index (χ1) is 12.6. The number of hydrogen-bond acceptors (Lipinski definition) is 4. The second-order valence-corrected chi connectivity index (χ2v) is 7.97. The van der Waals surface area contributed by atoms with Crippen LogP contribution in [0.15, 0.2) is 17.3 Å². The monoisotopic (exact) mass is 358 g/mol. The van der Waals surface area contributed by atoms with Crippen LogP contribution in [-0.4, -0.2) is 57.3 Å². The molecule has 2 saturated heterocycles. The topological polar surface area (TPSA) is 86.4 Å². The molecule has 2 aliphatic heterocycles. The summed E-state index contributed by atoms with van der Waals surface area (Å²) in [4.78, 5) is 47.9. The van der Waals surface area contributed by atoms with E-state index >= 15 is 0 Å². The maximum Gasteiger partial charge on any atom is 0.254 e. The quantitative estimate of drug-likeness (QED) is 0.876. The van der Waals surface area contributed by atoms with Crippen LogP contribution in [0.4, 0.5) is 0 Å². The van der Waals surface area contributed by atoms with E-state index in [1.807, 2.05) is 0 Å². The molecule has 2 amide bonds. The molecule has 1 saturated carbocycles. The SMILES string of the molecule is O=C(Cc1cnc[nH]c1=O)N1CCC2(CCCN(C3CCCC3)C2=O)C1. The molecule has 1 aromatic heterocycles. The number of carbonyl (C=O) groups excluding carboxylic acids is 2. The van der Waals surface area contributed by atoms with Crippen LogP contribution in [0, 0.1) is 5.41 Å². The number of nitrogens with one attached hydrogen (secondary N) is 1. The number of nitrogens with zero attached hydrogens (tertiary/aromatic N) is 3. The van der Waals surface area contributed by atoms with Crippen molar-refractivity contribution in [3.05, 3.63) is 28.4 Å². The number of rotatable bonds is 3. The summed E-state index contributed by atoms with van der Waals surface area (Å²) in [7, 11) is 0. The van der Waals surface area contributed by atoms with Gasteiger partial charge >= 0.3 is 0 Å². The first-order valence-electron chi connectivity index (χ1n) is 9.69. The summed E-state index contributed by atoms with van der Waals surface area (Å²) in [5, 5.41) is 0. The Bertz CT molecular complexity index is 755. The van der Waals surface area contributed by atoms with Gasteiger partial charge in [-0.2, -0.15) is 0 Å². The Morgan fingerprint density at radius 1 is 1.19 bits per heavy atom. The molecular weight excluding hydrogens is 332 g/mol. The molecule has 0 bridgehead atoms.